The molecule has 0 aliphatic carbocycles. The molecule has 34 heavy (non-hydrogen) atoms. The second-order valence-corrected chi connectivity index (χ2v) is 9.16. The lowest BCUT2D eigenvalue weighted by Crippen LogP contribution is -2.56. The summed E-state index contributed by atoms with van der Waals surface area (Å²) in [5.41, 5.74) is 8.17. The molecule has 0 radical (unpaired) electrons. The van der Waals surface area contributed by atoms with E-state index in [4.69, 9.17) is 10.8 Å². The first-order valence-electron chi connectivity index (χ1n) is 11.6. The first kappa shape index (κ1) is 25.2. The lowest BCUT2D eigenvalue weighted by Gasteiger charge is -2.28. The molecule has 1 aliphatic rings. The summed E-state index contributed by atoms with van der Waals surface area (Å²) in [6.45, 7) is 3.69. The molecule has 184 valence electrons. The van der Waals surface area contributed by atoms with Crippen LogP contribution in [0.5, 0.6) is 0 Å². The smallest absolute Gasteiger partial charge is 0.322 e. The van der Waals surface area contributed by atoms with Gasteiger partial charge in [-0.3, -0.25) is 19.2 Å². The van der Waals surface area contributed by atoms with Crippen molar-refractivity contribution < 1.29 is 24.3 Å². The fraction of sp³-hybridized carbons (Fsp3) is 0.500. The number of H-pyrrole nitrogens is 1. The van der Waals surface area contributed by atoms with Crippen LogP contribution in [0.2, 0.25) is 0 Å². The molecule has 1 saturated heterocycles. The minimum atomic E-state index is -1.17. The Balaban J connectivity index is 1.66. The van der Waals surface area contributed by atoms with Crippen LogP contribution in [0.25, 0.3) is 10.9 Å². The number of carboxylic acids is 1. The molecular formula is C24H33N5O5. The molecule has 2 aromatic rings. The molecule has 3 amide bonds. The summed E-state index contributed by atoms with van der Waals surface area (Å²) in [6.07, 6.45) is 3.66. The maximum Gasteiger partial charge on any atom is 0.322 e. The van der Waals surface area contributed by atoms with Crippen molar-refractivity contribution in [3.05, 3.63) is 36.0 Å². The van der Waals surface area contributed by atoms with Gasteiger partial charge in [-0.2, -0.15) is 0 Å². The third-order valence-corrected chi connectivity index (χ3v) is 6.02. The van der Waals surface area contributed by atoms with Crippen molar-refractivity contribution in [3.8, 4) is 0 Å². The predicted molar refractivity (Wildman–Crippen MR) is 127 cm³/mol. The number of hydrogen-bond donors (Lipinski definition) is 5. The number of aromatic amines is 1. The Kier molecular flexibility index (Phi) is 8.27. The number of nitrogens with one attached hydrogen (secondary N) is 3. The number of fused-ring (bicyclic) bond motifs is 1. The highest BCUT2D eigenvalue weighted by Gasteiger charge is 2.37. The van der Waals surface area contributed by atoms with Crippen LogP contribution in [0, 0.1) is 5.92 Å². The average Bonchev–Trinajstić information content (AvgIpc) is 3.44. The van der Waals surface area contributed by atoms with E-state index in [1.807, 2.05) is 44.3 Å². The Labute approximate surface area is 198 Å². The number of aromatic nitrogens is 1. The highest BCUT2D eigenvalue weighted by molar-refractivity contribution is 5.94. The van der Waals surface area contributed by atoms with Crippen LogP contribution in [0.15, 0.2) is 30.5 Å². The molecule has 1 aromatic heterocycles. The summed E-state index contributed by atoms with van der Waals surface area (Å²) < 4.78 is 0. The SMILES string of the molecule is CC(C)CC(NC(=O)C1CCCN1C(=O)C(N)Cc1c[nH]c2ccccc12)C(=O)NCC(=O)O. The molecule has 3 atom stereocenters. The first-order valence-corrected chi connectivity index (χ1v) is 11.6. The van der Waals surface area contributed by atoms with E-state index in [-0.39, 0.29) is 11.8 Å². The van der Waals surface area contributed by atoms with Gasteiger partial charge in [0, 0.05) is 23.6 Å². The summed E-state index contributed by atoms with van der Waals surface area (Å²) in [4.78, 5) is 54.1. The monoisotopic (exact) mass is 471 g/mol. The van der Waals surface area contributed by atoms with E-state index in [1.54, 1.807) is 0 Å². The van der Waals surface area contributed by atoms with Crippen LogP contribution in [0.4, 0.5) is 0 Å². The van der Waals surface area contributed by atoms with Gasteiger partial charge in [-0.15, -0.1) is 0 Å². The Hall–Kier alpha value is -3.40. The van der Waals surface area contributed by atoms with Gasteiger partial charge < -0.3 is 31.4 Å². The molecule has 0 saturated carbocycles. The number of rotatable bonds is 10. The Morgan fingerprint density at radius 1 is 1.24 bits per heavy atom. The number of nitrogens with zero attached hydrogens (tertiary/aromatic N) is 1. The average molecular weight is 472 g/mol. The number of aliphatic carboxylic acids is 1. The zero-order chi connectivity index (χ0) is 24.8. The predicted octanol–water partition coefficient (Wildman–Crippen LogP) is 0.760. The molecule has 2 heterocycles. The quantitative estimate of drug-likeness (QED) is 0.344. The largest absolute Gasteiger partial charge is 0.480 e. The molecule has 0 bridgehead atoms. The molecular weight excluding hydrogens is 438 g/mol. The van der Waals surface area contributed by atoms with Gasteiger partial charge in [0.1, 0.15) is 18.6 Å². The van der Waals surface area contributed by atoms with Gasteiger partial charge in [0.2, 0.25) is 17.7 Å². The summed E-state index contributed by atoms with van der Waals surface area (Å²) in [5, 5.41) is 14.9. The third kappa shape index (κ3) is 6.13. The van der Waals surface area contributed by atoms with Crippen molar-refractivity contribution in [1.82, 2.24) is 20.5 Å². The first-order chi connectivity index (χ1) is 16.2. The topological polar surface area (TPSA) is 158 Å². The standard InChI is InChI=1S/C24H33N5O5/c1-14(2)10-19(22(32)27-13-21(30)31)28-23(33)20-8-5-9-29(20)24(34)17(25)11-15-12-26-18-7-4-3-6-16(15)18/h3-4,6-7,12,14,17,19-20,26H,5,8-11,13,25H2,1-2H3,(H,27,32)(H,28,33)(H,30,31). The minimum absolute atomic E-state index is 0.0896. The number of likely N-dealkylation sites (tertiary alicyclic amines) is 1. The van der Waals surface area contributed by atoms with Crippen LogP contribution in [-0.4, -0.2) is 69.9 Å². The minimum Gasteiger partial charge on any atom is -0.480 e. The molecule has 10 nitrogen and oxygen atoms in total. The fourth-order valence-corrected chi connectivity index (χ4v) is 4.40. The van der Waals surface area contributed by atoms with E-state index < -0.39 is 42.5 Å². The van der Waals surface area contributed by atoms with Crippen molar-refractivity contribution >= 4 is 34.6 Å². The van der Waals surface area contributed by atoms with E-state index in [0.29, 0.717) is 32.2 Å². The van der Waals surface area contributed by atoms with E-state index in [0.717, 1.165) is 16.5 Å². The summed E-state index contributed by atoms with van der Waals surface area (Å²) in [7, 11) is 0. The molecule has 3 unspecified atom stereocenters. The van der Waals surface area contributed by atoms with Gasteiger partial charge in [-0.1, -0.05) is 32.0 Å². The van der Waals surface area contributed by atoms with Crippen molar-refractivity contribution in [1.29, 1.82) is 0 Å². The number of carbonyl (C=O) groups is 4. The number of carbonyl (C=O) groups excluding carboxylic acids is 3. The van der Waals surface area contributed by atoms with Crippen molar-refractivity contribution in [2.24, 2.45) is 11.7 Å². The van der Waals surface area contributed by atoms with Crippen LogP contribution in [-0.2, 0) is 25.6 Å². The van der Waals surface area contributed by atoms with Crippen molar-refractivity contribution in [3.63, 3.8) is 0 Å². The summed E-state index contributed by atoms with van der Waals surface area (Å²) in [6, 6.07) is 5.36. The Morgan fingerprint density at radius 3 is 2.68 bits per heavy atom. The molecule has 6 N–H and O–H groups in total. The molecule has 1 aromatic carbocycles. The van der Waals surface area contributed by atoms with Gasteiger partial charge in [0.15, 0.2) is 0 Å². The molecule has 10 heteroatoms. The van der Waals surface area contributed by atoms with Crippen LogP contribution in [0.1, 0.15) is 38.7 Å². The number of benzene rings is 1. The lowest BCUT2D eigenvalue weighted by atomic mass is 10.0. The molecule has 0 spiro atoms. The van der Waals surface area contributed by atoms with Gasteiger partial charge in [0.05, 0.1) is 6.04 Å². The zero-order valence-corrected chi connectivity index (χ0v) is 19.5. The van der Waals surface area contributed by atoms with Gasteiger partial charge in [-0.05, 0) is 43.2 Å². The van der Waals surface area contributed by atoms with Crippen molar-refractivity contribution in [2.75, 3.05) is 13.1 Å². The van der Waals surface area contributed by atoms with E-state index in [9.17, 15) is 19.2 Å². The highest BCUT2D eigenvalue weighted by Crippen LogP contribution is 2.22. The maximum atomic E-state index is 13.2. The van der Waals surface area contributed by atoms with E-state index >= 15 is 0 Å². The van der Waals surface area contributed by atoms with Crippen LogP contribution >= 0.6 is 0 Å². The Bertz CT molecular complexity index is 1050. The molecule has 3 rings (SSSR count). The fourth-order valence-electron chi connectivity index (χ4n) is 4.40. The van der Waals surface area contributed by atoms with Crippen LogP contribution in [0.3, 0.4) is 0 Å². The zero-order valence-electron chi connectivity index (χ0n) is 19.5. The molecule has 1 aliphatic heterocycles. The third-order valence-electron chi connectivity index (χ3n) is 6.02. The number of carboxylic acid groups (broad SMARTS) is 1. The van der Waals surface area contributed by atoms with Gasteiger partial charge in [-0.25, -0.2) is 0 Å². The number of amides is 3. The normalized spacial score (nSPS) is 17.5. The summed E-state index contributed by atoms with van der Waals surface area (Å²) in [5.74, 6) is -2.37. The van der Waals surface area contributed by atoms with Crippen molar-refractivity contribution in [2.45, 2.75) is 57.7 Å². The number of para-hydroxylation sites is 1. The number of hydrogen-bond acceptors (Lipinski definition) is 5. The second-order valence-electron chi connectivity index (χ2n) is 9.16. The van der Waals surface area contributed by atoms with E-state index in [1.165, 1.54) is 4.90 Å². The van der Waals surface area contributed by atoms with Gasteiger partial charge in [0.25, 0.3) is 0 Å². The van der Waals surface area contributed by atoms with Gasteiger partial charge >= 0.3 is 5.97 Å². The number of nitrogens with two attached hydrogens (primary N) is 1. The lowest BCUT2D eigenvalue weighted by molar-refractivity contribution is -0.141. The maximum absolute atomic E-state index is 13.2. The van der Waals surface area contributed by atoms with Crippen LogP contribution < -0.4 is 16.4 Å². The Morgan fingerprint density at radius 2 is 1.97 bits per heavy atom. The van der Waals surface area contributed by atoms with E-state index in [2.05, 4.69) is 15.6 Å². The summed E-state index contributed by atoms with van der Waals surface area (Å²) >= 11 is 0. The molecule has 1 fully saturated rings. The second kappa shape index (κ2) is 11.1. The highest BCUT2D eigenvalue weighted by atomic mass is 16.4.